The summed E-state index contributed by atoms with van der Waals surface area (Å²) in [6, 6.07) is 18.2. The lowest BCUT2D eigenvalue weighted by molar-refractivity contribution is -0.474. The fraction of sp³-hybridized carbons (Fsp3) is 0.429. The monoisotopic (exact) mass is 1250 g/mol. The molecular weight excluding hydrogens is 1210 g/mol. The average molecular weight is 1250 g/mol. The highest BCUT2D eigenvalue weighted by atomic mass is 127. The maximum Gasteiger partial charge on any atom is 0.460 e. The second-order valence-corrected chi connectivity index (χ2v) is 18.3. The number of hydrogen-bond donors (Lipinski definition) is 0. The fourth-order valence-corrected chi connectivity index (χ4v) is 7.99. The van der Waals surface area contributed by atoms with Gasteiger partial charge in [-0.2, -0.15) is 105 Å². The lowest BCUT2D eigenvalue weighted by Gasteiger charge is -2.44. The molecule has 0 unspecified atom stereocenters. The number of aryl methyl sites for hydroxylation is 3. The molecule has 0 aliphatic carbocycles. The van der Waals surface area contributed by atoms with Crippen LogP contribution < -0.4 is 0 Å². The molecule has 0 aromatic heterocycles. The minimum atomic E-state index is -9.25. The molecule has 0 saturated heterocycles. The second-order valence-electron chi connectivity index (χ2n) is 17.1. The molecule has 0 heterocycles. The zero-order valence-corrected chi connectivity index (χ0v) is 41.7. The van der Waals surface area contributed by atoms with Gasteiger partial charge in [-0.15, -0.1) is 5.11 Å². The van der Waals surface area contributed by atoms with E-state index in [1.54, 1.807) is 25.1 Å². The molecule has 77 heavy (non-hydrogen) atoms. The lowest BCUT2D eigenvalue weighted by Crippen LogP contribution is -2.76. The summed E-state index contributed by atoms with van der Waals surface area (Å²) in [5.74, 6) is -77.6. The molecule has 0 aliphatic heterocycles. The summed E-state index contributed by atoms with van der Waals surface area (Å²) in [4.78, 5) is 0. The summed E-state index contributed by atoms with van der Waals surface area (Å²) >= 11 is 2.30. The van der Waals surface area contributed by atoms with Gasteiger partial charge in [0.2, 0.25) is 0 Å². The van der Waals surface area contributed by atoms with Gasteiger partial charge in [0.25, 0.3) is 0 Å². The van der Waals surface area contributed by atoms with E-state index in [0.29, 0.717) is 5.56 Å². The molecule has 0 aliphatic rings. The van der Waals surface area contributed by atoms with Crippen LogP contribution in [0.3, 0.4) is 0 Å². The van der Waals surface area contributed by atoms with Crippen LogP contribution >= 0.6 is 22.6 Å². The van der Waals surface area contributed by atoms with Gasteiger partial charge in [-0.3, -0.25) is 5.01 Å². The van der Waals surface area contributed by atoms with Gasteiger partial charge in [0.15, 0.2) is 0 Å². The third kappa shape index (κ3) is 12.6. The largest absolute Gasteiger partial charge is 0.460 e. The number of alkyl halides is 24. The number of rotatable bonds is 23. The molecule has 0 fully saturated rings. The van der Waals surface area contributed by atoms with E-state index in [-0.39, 0.29) is 30.6 Å². The van der Waals surface area contributed by atoms with Gasteiger partial charge < -0.3 is 0 Å². The summed E-state index contributed by atoms with van der Waals surface area (Å²) in [5.41, 5.74) is 2.79. The number of hydrogen-bond acceptors (Lipinski definition) is 2. The van der Waals surface area contributed by atoms with Crippen LogP contribution in [-0.4, -0.2) is 71.0 Å². The van der Waals surface area contributed by atoms with Crippen molar-refractivity contribution in [3.05, 3.63) is 133 Å². The molecule has 4 aromatic carbocycles. The zero-order valence-electron chi connectivity index (χ0n) is 39.6. The third-order valence-electron chi connectivity index (χ3n) is 11.7. The summed E-state index contributed by atoms with van der Waals surface area (Å²) < 4.78 is 334. The first kappa shape index (κ1) is 64.3. The second kappa shape index (κ2) is 22.9. The Morgan fingerprint density at radius 1 is 0.468 bits per heavy atom. The lowest BCUT2D eigenvalue weighted by atomic mass is 9.85. The summed E-state index contributed by atoms with van der Waals surface area (Å²) in [6.07, 6.45) is -8.51. The zero-order chi connectivity index (χ0) is 58.8. The minimum absolute atomic E-state index is 0.0154. The molecule has 0 amide bonds. The van der Waals surface area contributed by atoms with Crippen LogP contribution in [0.2, 0.25) is 0 Å². The summed E-state index contributed by atoms with van der Waals surface area (Å²) in [7, 11) is 0. The van der Waals surface area contributed by atoms with Crippen molar-refractivity contribution in [2.24, 2.45) is 10.3 Å². The molecule has 0 spiro atoms. The molecule has 28 heteroatoms. The Morgan fingerprint density at radius 3 is 1.35 bits per heavy atom. The normalized spacial score (nSPS) is 14.4. The predicted octanol–water partition coefficient (Wildman–Crippen LogP) is 18.9. The predicted molar refractivity (Wildman–Crippen MR) is 244 cm³/mol. The highest BCUT2D eigenvalue weighted by Crippen LogP contribution is 2.66. The fourth-order valence-electron chi connectivity index (χ4n) is 7.07. The Morgan fingerprint density at radius 2 is 0.896 bits per heavy atom. The molecule has 3 nitrogen and oxygen atoms in total. The van der Waals surface area contributed by atoms with Gasteiger partial charge in [0.05, 0.1) is 17.8 Å². The van der Waals surface area contributed by atoms with E-state index in [4.69, 9.17) is 0 Å². The van der Waals surface area contributed by atoms with Gasteiger partial charge in [0.1, 0.15) is 0 Å². The van der Waals surface area contributed by atoms with Crippen molar-refractivity contribution in [1.29, 1.82) is 0 Å². The van der Waals surface area contributed by atoms with Crippen LogP contribution in [0.1, 0.15) is 83.7 Å². The van der Waals surface area contributed by atoms with E-state index in [1.165, 1.54) is 26.8 Å². The van der Waals surface area contributed by atoms with Crippen LogP contribution in [0.25, 0.3) is 24.3 Å². The van der Waals surface area contributed by atoms with Crippen molar-refractivity contribution in [2.45, 2.75) is 125 Å². The van der Waals surface area contributed by atoms with Crippen molar-refractivity contribution in [3.8, 4) is 0 Å². The molecule has 4 rings (SSSR count). The summed E-state index contributed by atoms with van der Waals surface area (Å²) in [5, 5.41) is 8.67. The molecule has 4 aromatic rings. The van der Waals surface area contributed by atoms with Crippen LogP contribution in [-0.2, 0) is 32.0 Å². The average Bonchev–Trinajstić information content (AvgIpc) is 3.33. The van der Waals surface area contributed by atoms with Crippen molar-refractivity contribution < 1.29 is 105 Å². The molecule has 0 radical (unpaired) electrons. The molecule has 0 bridgehead atoms. The topological polar surface area (TPSA) is 28.0 Å². The van der Waals surface area contributed by atoms with Crippen LogP contribution in [0.5, 0.6) is 0 Å². The highest BCUT2D eigenvalue weighted by Gasteiger charge is 2.97. The van der Waals surface area contributed by atoms with Gasteiger partial charge in [-0.25, -0.2) is 0 Å². The van der Waals surface area contributed by atoms with Crippen molar-refractivity contribution in [1.82, 2.24) is 5.01 Å². The third-order valence-corrected chi connectivity index (χ3v) is 12.7. The SMILES string of the molecule is CCCN(Cc1ccc(CCC(F)(F)C(F)(F)C(F)(F)C(F)(F)C(F)(F)C(F)(F)C(F)(F)C(F)(F)C(F)(F)C(F)(F)F)cc1)N=Nc1ccc(/C=C/c2ccc(/C=C/c3cc(CC)c(I)cc3CC)cc2)cc1C(F)(F)F. The molecular formula is C49H40F24IN3. The minimum Gasteiger partial charge on any atom is -0.274 e. The van der Waals surface area contributed by atoms with E-state index in [0.717, 1.165) is 65.4 Å². The number of nitrogens with zero attached hydrogens (tertiary/aromatic N) is 3. The Balaban J connectivity index is 1.48. The first-order valence-corrected chi connectivity index (χ1v) is 23.3. The van der Waals surface area contributed by atoms with Gasteiger partial charge in [0, 0.05) is 16.5 Å². The van der Waals surface area contributed by atoms with Gasteiger partial charge in [-0.1, -0.05) is 111 Å². The van der Waals surface area contributed by atoms with E-state index < -0.39 is 95.3 Å². The van der Waals surface area contributed by atoms with E-state index >= 15 is 0 Å². The maximum absolute atomic E-state index is 14.6. The maximum atomic E-state index is 14.6. The van der Waals surface area contributed by atoms with E-state index in [2.05, 4.69) is 58.9 Å². The van der Waals surface area contributed by atoms with Gasteiger partial charge in [-0.05, 0) is 111 Å². The van der Waals surface area contributed by atoms with Crippen molar-refractivity contribution >= 4 is 52.6 Å². The molecule has 0 N–H and O–H groups in total. The quantitative estimate of drug-likeness (QED) is 0.0239. The Hall–Kier alpha value is -5.19. The molecule has 0 saturated carbocycles. The molecule has 0 atom stereocenters. The van der Waals surface area contributed by atoms with Gasteiger partial charge >= 0.3 is 65.7 Å². The van der Waals surface area contributed by atoms with Crippen LogP contribution in [0, 0.1) is 3.57 Å². The highest BCUT2D eigenvalue weighted by molar-refractivity contribution is 14.1. The standard InChI is InChI=1S/C49H40F24IN3/c1-4-23-77(76-75-38-20-18-31(24-36(38)40(52,53)54)14-11-28-7-9-29(10-8-28)17-19-35-25-34(6-3)37(74)26-33(35)5-2)27-32-15-12-30(13-16-32)21-22-39(50,51)41(55,56)42(57,58)43(59,60)44(61,62)45(63,64)46(65,66)47(67,68)48(69,70)49(71,72)73/h7-20,24-26H,4-6,21-23,27H2,1-3H3/b14-11+,19-17+,76-75?. The Bertz CT molecular complexity index is 2740. The first-order chi connectivity index (χ1) is 35.0. The summed E-state index contributed by atoms with van der Waals surface area (Å²) in [6.45, 7) is 5.36. The number of benzene rings is 4. The van der Waals surface area contributed by atoms with Crippen molar-refractivity contribution in [3.63, 3.8) is 0 Å². The van der Waals surface area contributed by atoms with E-state index in [9.17, 15) is 105 Å². The first-order valence-electron chi connectivity index (χ1n) is 22.2. The van der Waals surface area contributed by atoms with Crippen molar-refractivity contribution in [2.75, 3.05) is 6.54 Å². The van der Waals surface area contributed by atoms with E-state index in [1.807, 2.05) is 24.3 Å². The van der Waals surface area contributed by atoms with Crippen LogP contribution in [0.15, 0.2) is 89.2 Å². The Labute approximate surface area is 436 Å². The smallest absolute Gasteiger partial charge is 0.274 e. The van der Waals surface area contributed by atoms with Crippen LogP contribution in [0.4, 0.5) is 111 Å². The molecule has 426 valence electrons. The Kier molecular flexibility index (Phi) is 19.1. The number of halogens is 25.